The lowest BCUT2D eigenvalue weighted by Gasteiger charge is -2.12. The summed E-state index contributed by atoms with van der Waals surface area (Å²) in [6, 6.07) is 10.6. The molecule has 0 aliphatic heterocycles. The maximum Gasteiger partial charge on any atom is 0.335 e. The molecule has 5 heteroatoms. The number of benzene rings is 2. The Labute approximate surface area is 125 Å². The average molecular weight is 336 g/mol. The number of halogens is 1. The lowest BCUT2D eigenvalue weighted by atomic mass is 10.1. The molecule has 0 radical (unpaired) electrons. The number of hydrogen-bond donors (Lipinski definition) is 2. The summed E-state index contributed by atoms with van der Waals surface area (Å²) in [7, 11) is 1.61. The molecule has 0 aliphatic rings. The molecule has 2 rings (SSSR count). The number of carboxylic acid groups (broad SMARTS) is 1. The minimum absolute atomic E-state index is 0.281. The lowest BCUT2D eigenvalue weighted by molar-refractivity contribution is 0.0697. The highest BCUT2D eigenvalue weighted by Crippen LogP contribution is 2.30. The van der Waals surface area contributed by atoms with Crippen molar-refractivity contribution in [3.05, 3.63) is 52.0 Å². The normalized spacial score (nSPS) is 10.2. The highest BCUT2D eigenvalue weighted by atomic mass is 79.9. The van der Waals surface area contributed by atoms with Gasteiger partial charge in [-0.1, -0.05) is 0 Å². The summed E-state index contributed by atoms with van der Waals surface area (Å²) >= 11 is 3.43. The Kier molecular flexibility index (Phi) is 4.29. The van der Waals surface area contributed by atoms with Crippen LogP contribution in [0.5, 0.6) is 5.75 Å². The van der Waals surface area contributed by atoms with Crippen molar-refractivity contribution in [1.29, 1.82) is 0 Å². The number of anilines is 2. The number of carbonyl (C=O) groups is 1. The van der Waals surface area contributed by atoms with E-state index >= 15 is 0 Å². The van der Waals surface area contributed by atoms with Crippen molar-refractivity contribution < 1.29 is 14.6 Å². The predicted octanol–water partition coefficient (Wildman–Crippen LogP) is 4.21. The van der Waals surface area contributed by atoms with Gasteiger partial charge >= 0.3 is 5.97 Å². The number of nitrogens with one attached hydrogen (secondary N) is 1. The van der Waals surface area contributed by atoms with E-state index in [9.17, 15) is 4.79 Å². The third kappa shape index (κ3) is 3.11. The largest absolute Gasteiger partial charge is 0.496 e. The first-order valence-electron chi connectivity index (χ1n) is 5.96. The predicted molar refractivity (Wildman–Crippen MR) is 82.1 cm³/mol. The molecule has 0 heterocycles. The SMILES string of the molecule is COc1ccc(Nc2ccc(C(=O)O)cc2C)cc1Br. The van der Waals surface area contributed by atoms with E-state index in [2.05, 4.69) is 21.2 Å². The number of aromatic carboxylic acids is 1. The van der Waals surface area contributed by atoms with Gasteiger partial charge in [-0.15, -0.1) is 0 Å². The lowest BCUT2D eigenvalue weighted by Crippen LogP contribution is -1.99. The molecular weight excluding hydrogens is 322 g/mol. The van der Waals surface area contributed by atoms with Gasteiger partial charge in [0.1, 0.15) is 5.75 Å². The Bertz CT molecular complexity index is 656. The van der Waals surface area contributed by atoms with Gasteiger partial charge < -0.3 is 15.2 Å². The molecule has 0 amide bonds. The molecule has 0 saturated carbocycles. The average Bonchev–Trinajstić information content (AvgIpc) is 2.41. The van der Waals surface area contributed by atoms with Crippen LogP contribution in [0.4, 0.5) is 11.4 Å². The first kappa shape index (κ1) is 14.4. The van der Waals surface area contributed by atoms with Gasteiger partial charge in [-0.2, -0.15) is 0 Å². The van der Waals surface area contributed by atoms with Crippen LogP contribution in [0.2, 0.25) is 0 Å². The van der Waals surface area contributed by atoms with Crippen LogP contribution in [0.3, 0.4) is 0 Å². The molecule has 0 fully saturated rings. The van der Waals surface area contributed by atoms with E-state index in [1.54, 1.807) is 25.3 Å². The van der Waals surface area contributed by atoms with Gasteiger partial charge in [-0.25, -0.2) is 4.79 Å². The Balaban J connectivity index is 2.26. The minimum atomic E-state index is -0.924. The van der Waals surface area contributed by atoms with E-state index in [0.717, 1.165) is 27.2 Å². The van der Waals surface area contributed by atoms with Gasteiger partial charge in [0.2, 0.25) is 0 Å². The van der Waals surface area contributed by atoms with Crippen molar-refractivity contribution in [1.82, 2.24) is 0 Å². The summed E-state index contributed by atoms with van der Waals surface area (Å²) in [5, 5.41) is 12.2. The fourth-order valence-electron chi connectivity index (χ4n) is 1.84. The Hall–Kier alpha value is -2.01. The molecule has 4 nitrogen and oxygen atoms in total. The number of aryl methyl sites for hydroxylation is 1. The first-order chi connectivity index (χ1) is 9.51. The van der Waals surface area contributed by atoms with Crippen molar-refractivity contribution in [3.8, 4) is 5.75 Å². The highest BCUT2D eigenvalue weighted by Gasteiger charge is 2.07. The summed E-state index contributed by atoms with van der Waals surface area (Å²) in [5.74, 6) is -0.166. The number of rotatable bonds is 4. The summed E-state index contributed by atoms with van der Waals surface area (Å²) in [4.78, 5) is 10.9. The topological polar surface area (TPSA) is 58.6 Å². The van der Waals surface area contributed by atoms with Gasteiger partial charge in [-0.05, 0) is 64.8 Å². The molecule has 0 unspecified atom stereocenters. The fraction of sp³-hybridized carbons (Fsp3) is 0.133. The van der Waals surface area contributed by atoms with E-state index < -0.39 is 5.97 Å². The first-order valence-corrected chi connectivity index (χ1v) is 6.75. The number of hydrogen-bond acceptors (Lipinski definition) is 3. The number of carboxylic acids is 1. The van der Waals surface area contributed by atoms with E-state index in [0.29, 0.717) is 0 Å². The second kappa shape index (κ2) is 5.96. The van der Waals surface area contributed by atoms with Crippen molar-refractivity contribution in [2.75, 3.05) is 12.4 Å². The van der Waals surface area contributed by atoms with Gasteiger partial charge in [0, 0.05) is 11.4 Å². The van der Waals surface area contributed by atoms with Crippen molar-refractivity contribution in [2.45, 2.75) is 6.92 Å². The third-order valence-corrected chi connectivity index (χ3v) is 3.52. The molecule has 2 aromatic carbocycles. The quantitative estimate of drug-likeness (QED) is 0.878. The number of methoxy groups -OCH3 is 1. The maximum atomic E-state index is 10.9. The standard InChI is InChI=1S/C15H14BrNO3/c1-9-7-10(15(18)19)3-5-13(9)17-11-4-6-14(20-2)12(16)8-11/h3-8,17H,1-2H3,(H,18,19). The molecule has 2 aromatic rings. The zero-order valence-corrected chi connectivity index (χ0v) is 12.7. The van der Waals surface area contributed by atoms with E-state index in [1.807, 2.05) is 25.1 Å². The summed E-state index contributed by atoms with van der Waals surface area (Å²) < 4.78 is 6.03. The summed E-state index contributed by atoms with van der Waals surface area (Å²) in [5.41, 5.74) is 2.91. The molecular formula is C15H14BrNO3. The molecule has 20 heavy (non-hydrogen) atoms. The smallest absolute Gasteiger partial charge is 0.335 e. The fourth-order valence-corrected chi connectivity index (χ4v) is 2.38. The van der Waals surface area contributed by atoms with Crippen LogP contribution in [-0.2, 0) is 0 Å². The van der Waals surface area contributed by atoms with Crippen molar-refractivity contribution in [3.63, 3.8) is 0 Å². The van der Waals surface area contributed by atoms with Crippen LogP contribution in [0.1, 0.15) is 15.9 Å². The molecule has 104 valence electrons. The van der Waals surface area contributed by atoms with E-state index in [1.165, 1.54) is 0 Å². The van der Waals surface area contributed by atoms with Gasteiger partial charge in [0.25, 0.3) is 0 Å². The van der Waals surface area contributed by atoms with Gasteiger partial charge in [-0.3, -0.25) is 0 Å². The molecule has 0 atom stereocenters. The van der Waals surface area contributed by atoms with Gasteiger partial charge in [0.05, 0.1) is 17.1 Å². The Morgan fingerprint density at radius 1 is 1.25 bits per heavy atom. The minimum Gasteiger partial charge on any atom is -0.496 e. The van der Waals surface area contributed by atoms with E-state index in [4.69, 9.17) is 9.84 Å². The summed E-state index contributed by atoms with van der Waals surface area (Å²) in [6.45, 7) is 1.87. The molecule has 0 aliphatic carbocycles. The second-order valence-electron chi connectivity index (χ2n) is 4.31. The highest BCUT2D eigenvalue weighted by molar-refractivity contribution is 9.10. The molecule has 0 saturated heterocycles. The van der Waals surface area contributed by atoms with Crippen LogP contribution >= 0.6 is 15.9 Å². The maximum absolute atomic E-state index is 10.9. The Morgan fingerprint density at radius 3 is 2.55 bits per heavy atom. The monoisotopic (exact) mass is 335 g/mol. The molecule has 0 aromatic heterocycles. The second-order valence-corrected chi connectivity index (χ2v) is 5.16. The van der Waals surface area contributed by atoms with Gasteiger partial charge in [0.15, 0.2) is 0 Å². The molecule has 2 N–H and O–H groups in total. The molecule has 0 spiro atoms. The third-order valence-electron chi connectivity index (χ3n) is 2.90. The van der Waals surface area contributed by atoms with Crippen LogP contribution in [0.15, 0.2) is 40.9 Å². The molecule has 0 bridgehead atoms. The van der Waals surface area contributed by atoms with Crippen LogP contribution in [-0.4, -0.2) is 18.2 Å². The van der Waals surface area contributed by atoms with Crippen molar-refractivity contribution >= 4 is 33.3 Å². The zero-order chi connectivity index (χ0) is 14.7. The zero-order valence-electron chi connectivity index (χ0n) is 11.1. The summed E-state index contributed by atoms with van der Waals surface area (Å²) in [6.07, 6.45) is 0. The van der Waals surface area contributed by atoms with Crippen LogP contribution < -0.4 is 10.1 Å². The Morgan fingerprint density at radius 2 is 2.00 bits per heavy atom. The number of ether oxygens (including phenoxy) is 1. The van der Waals surface area contributed by atoms with Crippen LogP contribution in [0.25, 0.3) is 0 Å². The van der Waals surface area contributed by atoms with Crippen LogP contribution in [0, 0.1) is 6.92 Å². The van der Waals surface area contributed by atoms with E-state index in [-0.39, 0.29) is 5.56 Å². The van der Waals surface area contributed by atoms with Crippen molar-refractivity contribution in [2.24, 2.45) is 0 Å².